The number of nitrogens with zero attached hydrogens (tertiary/aromatic N) is 1. The molecule has 1 aliphatic heterocycles. The van der Waals surface area contributed by atoms with E-state index in [0.29, 0.717) is 30.0 Å². The molecule has 0 aromatic heterocycles. The first-order valence-electron chi connectivity index (χ1n) is 9.68. The predicted molar refractivity (Wildman–Crippen MR) is 112 cm³/mol. The summed E-state index contributed by atoms with van der Waals surface area (Å²) in [6.45, 7) is 4.20. The van der Waals surface area contributed by atoms with Crippen molar-refractivity contribution in [3.8, 4) is 11.5 Å². The highest BCUT2D eigenvalue weighted by molar-refractivity contribution is 7.91. The minimum atomic E-state index is -3.12. The van der Waals surface area contributed by atoms with Crippen LogP contribution in [0.25, 0.3) is 0 Å². The van der Waals surface area contributed by atoms with E-state index in [2.05, 4.69) is 0 Å². The molecule has 1 heterocycles. The second kappa shape index (κ2) is 8.86. The first-order valence-corrected chi connectivity index (χ1v) is 11.5. The fraction of sp³-hybridized carbons (Fsp3) is 0.409. The average molecular weight is 418 g/mol. The van der Waals surface area contributed by atoms with E-state index < -0.39 is 9.84 Å². The summed E-state index contributed by atoms with van der Waals surface area (Å²) < 4.78 is 35.0. The first-order chi connectivity index (χ1) is 13.8. The SMILES string of the molecule is COc1cccc(CN(C(=O)c2ccc(OC(C)C)cc2)C2CCS(=O)(=O)C2)c1. The average Bonchev–Trinajstić information content (AvgIpc) is 3.05. The Balaban J connectivity index is 1.86. The van der Waals surface area contributed by atoms with Crippen molar-refractivity contribution in [2.24, 2.45) is 0 Å². The van der Waals surface area contributed by atoms with E-state index in [1.807, 2.05) is 38.1 Å². The number of carbonyl (C=O) groups excluding carboxylic acids is 1. The van der Waals surface area contributed by atoms with Crippen molar-refractivity contribution in [2.45, 2.75) is 39.0 Å². The molecule has 1 saturated heterocycles. The van der Waals surface area contributed by atoms with Crippen LogP contribution >= 0.6 is 0 Å². The zero-order chi connectivity index (χ0) is 21.0. The Bertz CT molecular complexity index is 953. The van der Waals surface area contributed by atoms with Crippen LogP contribution in [0.4, 0.5) is 0 Å². The van der Waals surface area contributed by atoms with Crippen LogP contribution in [0.15, 0.2) is 48.5 Å². The smallest absolute Gasteiger partial charge is 0.254 e. The molecule has 1 fully saturated rings. The minimum absolute atomic E-state index is 0.00273. The molecule has 1 atom stereocenters. The van der Waals surface area contributed by atoms with Gasteiger partial charge in [0.15, 0.2) is 9.84 Å². The number of benzene rings is 2. The van der Waals surface area contributed by atoms with Crippen LogP contribution in [0.1, 0.15) is 36.2 Å². The fourth-order valence-electron chi connectivity index (χ4n) is 3.47. The molecule has 29 heavy (non-hydrogen) atoms. The second-order valence-electron chi connectivity index (χ2n) is 7.53. The largest absolute Gasteiger partial charge is 0.497 e. The number of amides is 1. The number of hydrogen-bond acceptors (Lipinski definition) is 5. The van der Waals surface area contributed by atoms with Gasteiger partial charge in [0.1, 0.15) is 11.5 Å². The molecule has 0 saturated carbocycles. The van der Waals surface area contributed by atoms with E-state index in [9.17, 15) is 13.2 Å². The standard InChI is InChI=1S/C22H27NO5S/c1-16(2)28-20-9-7-18(8-10-20)22(24)23(19-11-12-29(25,26)15-19)14-17-5-4-6-21(13-17)27-3/h4-10,13,16,19H,11-12,14-15H2,1-3H3. The van der Waals surface area contributed by atoms with Gasteiger partial charge in [-0.25, -0.2) is 8.42 Å². The normalized spacial score (nSPS) is 17.9. The monoisotopic (exact) mass is 417 g/mol. The summed E-state index contributed by atoms with van der Waals surface area (Å²) in [6, 6.07) is 14.1. The highest BCUT2D eigenvalue weighted by Crippen LogP contribution is 2.24. The molecule has 1 aliphatic rings. The molecule has 2 aromatic rings. The van der Waals surface area contributed by atoms with Crippen molar-refractivity contribution >= 4 is 15.7 Å². The Morgan fingerprint density at radius 2 is 1.86 bits per heavy atom. The van der Waals surface area contributed by atoms with Gasteiger partial charge >= 0.3 is 0 Å². The van der Waals surface area contributed by atoms with E-state index in [4.69, 9.17) is 9.47 Å². The Hall–Kier alpha value is -2.54. The van der Waals surface area contributed by atoms with Crippen molar-refractivity contribution in [1.82, 2.24) is 4.90 Å². The lowest BCUT2D eigenvalue weighted by Gasteiger charge is -2.29. The van der Waals surface area contributed by atoms with Crippen LogP contribution in [0, 0.1) is 0 Å². The highest BCUT2D eigenvalue weighted by Gasteiger charge is 2.35. The maximum Gasteiger partial charge on any atom is 0.254 e. The molecular formula is C22H27NO5S. The lowest BCUT2D eigenvalue weighted by atomic mass is 10.1. The van der Waals surface area contributed by atoms with Gasteiger partial charge in [0.25, 0.3) is 5.91 Å². The summed E-state index contributed by atoms with van der Waals surface area (Å²) in [5, 5.41) is 0. The zero-order valence-electron chi connectivity index (χ0n) is 17.0. The predicted octanol–water partition coefficient (Wildman–Crippen LogP) is 3.31. The molecule has 3 rings (SSSR count). The van der Waals surface area contributed by atoms with Gasteiger partial charge in [-0.15, -0.1) is 0 Å². The summed E-state index contributed by atoms with van der Waals surface area (Å²) in [4.78, 5) is 15.0. The Morgan fingerprint density at radius 3 is 2.45 bits per heavy atom. The van der Waals surface area contributed by atoms with Crippen LogP contribution in [0.3, 0.4) is 0 Å². The van der Waals surface area contributed by atoms with Gasteiger partial charge < -0.3 is 14.4 Å². The van der Waals surface area contributed by atoms with E-state index in [-0.39, 0.29) is 29.6 Å². The molecule has 0 N–H and O–H groups in total. The van der Waals surface area contributed by atoms with Crippen LogP contribution in [-0.2, 0) is 16.4 Å². The van der Waals surface area contributed by atoms with Crippen LogP contribution in [0.5, 0.6) is 11.5 Å². The summed E-state index contributed by atoms with van der Waals surface area (Å²) in [6.07, 6.45) is 0.497. The molecule has 156 valence electrons. The lowest BCUT2D eigenvalue weighted by Crippen LogP contribution is -2.40. The second-order valence-corrected chi connectivity index (χ2v) is 9.76. The maximum absolute atomic E-state index is 13.3. The molecule has 0 aliphatic carbocycles. The molecule has 0 radical (unpaired) electrons. The van der Waals surface area contributed by atoms with Crippen molar-refractivity contribution < 1.29 is 22.7 Å². The summed E-state index contributed by atoms with van der Waals surface area (Å²) >= 11 is 0. The number of carbonyl (C=O) groups is 1. The molecule has 0 bridgehead atoms. The zero-order valence-corrected chi connectivity index (χ0v) is 17.8. The Morgan fingerprint density at radius 1 is 1.14 bits per heavy atom. The summed E-state index contributed by atoms with van der Waals surface area (Å²) in [5.74, 6) is 1.31. The lowest BCUT2D eigenvalue weighted by molar-refractivity contribution is 0.0680. The third kappa shape index (κ3) is 5.50. The van der Waals surface area contributed by atoms with Gasteiger partial charge in [0.2, 0.25) is 0 Å². The van der Waals surface area contributed by atoms with Gasteiger partial charge in [-0.1, -0.05) is 12.1 Å². The Kier molecular flexibility index (Phi) is 6.47. The van der Waals surface area contributed by atoms with Gasteiger partial charge in [-0.3, -0.25) is 4.79 Å². The molecule has 1 unspecified atom stereocenters. The summed E-state index contributed by atoms with van der Waals surface area (Å²) in [7, 11) is -1.53. The van der Waals surface area contributed by atoms with Gasteiger partial charge in [-0.05, 0) is 62.2 Å². The highest BCUT2D eigenvalue weighted by atomic mass is 32.2. The van der Waals surface area contributed by atoms with Crippen molar-refractivity contribution in [3.63, 3.8) is 0 Å². The van der Waals surface area contributed by atoms with Gasteiger partial charge in [0.05, 0.1) is 24.7 Å². The minimum Gasteiger partial charge on any atom is -0.497 e. The van der Waals surface area contributed by atoms with Crippen molar-refractivity contribution in [2.75, 3.05) is 18.6 Å². The van der Waals surface area contributed by atoms with E-state index in [0.717, 1.165) is 5.56 Å². The maximum atomic E-state index is 13.3. The van der Waals surface area contributed by atoms with Crippen LogP contribution in [-0.4, -0.2) is 50.0 Å². The summed E-state index contributed by atoms with van der Waals surface area (Å²) in [5.41, 5.74) is 1.40. The number of hydrogen-bond donors (Lipinski definition) is 0. The van der Waals surface area contributed by atoms with Crippen molar-refractivity contribution in [3.05, 3.63) is 59.7 Å². The van der Waals surface area contributed by atoms with Gasteiger partial charge in [0, 0.05) is 18.2 Å². The molecule has 1 amide bonds. The number of methoxy groups -OCH3 is 1. The van der Waals surface area contributed by atoms with Crippen molar-refractivity contribution in [1.29, 1.82) is 0 Å². The third-order valence-corrected chi connectivity index (χ3v) is 6.62. The van der Waals surface area contributed by atoms with Crippen LogP contribution < -0.4 is 9.47 Å². The van der Waals surface area contributed by atoms with Gasteiger partial charge in [-0.2, -0.15) is 0 Å². The van der Waals surface area contributed by atoms with Crippen LogP contribution in [0.2, 0.25) is 0 Å². The molecule has 0 spiro atoms. The third-order valence-electron chi connectivity index (χ3n) is 4.87. The fourth-order valence-corrected chi connectivity index (χ4v) is 5.20. The Labute approximate surface area is 172 Å². The number of ether oxygens (including phenoxy) is 2. The molecular weight excluding hydrogens is 390 g/mol. The van der Waals surface area contributed by atoms with E-state index in [1.54, 1.807) is 36.3 Å². The number of rotatable bonds is 7. The quantitative estimate of drug-likeness (QED) is 0.691. The van der Waals surface area contributed by atoms with E-state index >= 15 is 0 Å². The molecule has 2 aromatic carbocycles. The van der Waals surface area contributed by atoms with E-state index in [1.165, 1.54) is 0 Å². The number of sulfone groups is 1. The molecule has 6 nitrogen and oxygen atoms in total. The first kappa shape index (κ1) is 21.2. The topological polar surface area (TPSA) is 72.9 Å². The molecule has 7 heteroatoms.